The first-order valence-corrected chi connectivity index (χ1v) is 18.2. The number of hydrogen-bond acceptors (Lipinski definition) is 3. The second kappa shape index (κ2) is 11.0. The van der Waals surface area contributed by atoms with Gasteiger partial charge in [-0.25, -0.2) is 9.97 Å². The van der Waals surface area contributed by atoms with Gasteiger partial charge in [-0.2, -0.15) is 0 Å². The maximum atomic E-state index is 6.23. The van der Waals surface area contributed by atoms with Crippen molar-refractivity contribution >= 4 is 76.5 Å². The maximum absolute atomic E-state index is 6.23. The molecule has 12 rings (SSSR count). The van der Waals surface area contributed by atoms with Crippen molar-refractivity contribution in [2.75, 3.05) is 0 Å². The van der Waals surface area contributed by atoms with Gasteiger partial charge in [-0.15, -0.1) is 0 Å². The highest BCUT2D eigenvalue weighted by Crippen LogP contribution is 2.39. The van der Waals surface area contributed by atoms with Gasteiger partial charge in [0.05, 0.1) is 38.8 Å². The fourth-order valence-electron chi connectivity index (χ4n) is 8.59. The zero-order valence-corrected chi connectivity index (χ0v) is 28.9. The van der Waals surface area contributed by atoms with Gasteiger partial charge in [-0.3, -0.25) is 4.57 Å². The van der Waals surface area contributed by atoms with E-state index in [0.29, 0.717) is 5.89 Å². The standard InChI is InChI=1S/C48H29N5O/c1-6-16-40-33(11-1)34-12-2-7-17-41(34)51(40)32-25-26-49-47(29-32)53-43-19-9-4-14-36(43)38-24-22-31(28-45(38)53)52-42-18-8-3-13-35(42)37-23-21-30(27-44(37)52)48-50-39-15-5-10-20-46(39)54-48/h1-29H. The second-order valence-corrected chi connectivity index (χ2v) is 13.9. The van der Waals surface area contributed by atoms with E-state index >= 15 is 0 Å². The van der Waals surface area contributed by atoms with E-state index in [-0.39, 0.29) is 0 Å². The van der Waals surface area contributed by atoms with Crippen molar-refractivity contribution in [3.05, 3.63) is 176 Å². The van der Waals surface area contributed by atoms with Crippen LogP contribution in [0.3, 0.4) is 0 Å². The van der Waals surface area contributed by atoms with E-state index in [2.05, 4.69) is 159 Å². The molecule has 0 unspecified atom stereocenters. The highest BCUT2D eigenvalue weighted by molar-refractivity contribution is 6.13. The number of pyridine rings is 1. The fraction of sp³-hybridized carbons (Fsp3) is 0. The highest BCUT2D eigenvalue weighted by Gasteiger charge is 2.19. The minimum Gasteiger partial charge on any atom is -0.436 e. The van der Waals surface area contributed by atoms with Crippen LogP contribution >= 0.6 is 0 Å². The Balaban J connectivity index is 1.10. The molecule has 7 aromatic carbocycles. The minimum atomic E-state index is 0.611. The molecular weight excluding hydrogens is 663 g/mol. The van der Waals surface area contributed by atoms with Crippen molar-refractivity contribution in [3.63, 3.8) is 0 Å². The van der Waals surface area contributed by atoms with Crippen molar-refractivity contribution in [2.45, 2.75) is 0 Å². The van der Waals surface area contributed by atoms with E-state index in [4.69, 9.17) is 14.4 Å². The Labute approximate surface area is 308 Å². The lowest BCUT2D eigenvalue weighted by Crippen LogP contribution is -2.01. The van der Waals surface area contributed by atoms with Gasteiger partial charge in [0.15, 0.2) is 5.58 Å². The van der Waals surface area contributed by atoms with E-state index in [1.54, 1.807) is 0 Å². The summed E-state index contributed by atoms with van der Waals surface area (Å²) in [5.41, 5.74) is 11.4. The summed E-state index contributed by atoms with van der Waals surface area (Å²) in [6, 6.07) is 60.0. The minimum absolute atomic E-state index is 0.611. The van der Waals surface area contributed by atoms with Crippen molar-refractivity contribution in [2.24, 2.45) is 0 Å². The predicted octanol–water partition coefficient (Wildman–Crippen LogP) is 12.2. The second-order valence-electron chi connectivity index (χ2n) is 13.9. The van der Waals surface area contributed by atoms with Crippen molar-refractivity contribution in [1.29, 1.82) is 0 Å². The Morgan fingerprint density at radius 3 is 1.54 bits per heavy atom. The average molecular weight is 692 g/mol. The van der Waals surface area contributed by atoms with E-state index in [9.17, 15) is 0 Å². The summed E-state index contributed by atoms with van der Waals surface area (Å²) in [6.07, 6.45) is 1.93. The molecule has 5 heterocycles. The third kappa shape index (κ3) is 4.10. The summed E-state index contributed by atoms with van der Waals surface area (Å²) >= 11 is 0. The summed E-state index contributed by atoms with van der Waals surface area (Å²) in [5.74, 6) is 1.47. The molecule has 0 spiro atoms. The van der Waals surface area contributed by atoms with Crippen LogP contribution in [-0.2, 0) is 0 Å². The lowest BCUT2D eigenvalue weighted by atomic mass is 10.1. The van der Waals surface area contributed by atoms with Crippen LogP contribution in [0.1, 0.15) is 0 Å². The van der Waals surface area contributed by atoms with Crippen LogP contribution in [0.15, 0.2) is 180 Å². The van der Waals surface area contributed by atoms with Crippen LogP contribution in [0, 0.1) is 0 Å². The van der Waals surface area contributed by atoms with Crippen molar-refractivity contribution in [3.8, 4) is 28.6 Å². The topological polar surface area (TPSA) is 53.7 Å². The molecular formula is C48H29N5O. The summed E-state index contributed by atoms with van der Waals surface area (Å²) in [5, 5.41) is 7.19. The van der Waals surface area contributed by atoms with E-state index in [0.717, 1.165) is 55.9 Å². The first-order valence-electron chi connectivity index (χ1n) is 18.2. The molecule has 0 saturated carbocycles. The van der Waals surface area contributed by atoms with Crippen molar-refractivity contribution < 1.29 is 4.42 Å². The van der Waals surface area contributed by atoms with Gasteiger partial charge in [-0.05, 0) is 66.7 Å². The number of fused-ring (bicyclic) bond motifs is 10. The van der Waals surface area contributed by atoms with Crippen LogP contribution in [0.5, 0.6) is 0 Å². The van der Waals surface area contributed by atoms with Crippen LogP contribution in [0.25, 0.3) is 105 Å². The highest BCUT2D eigenvalue weighted by atomic mass is 16.3. The number of aromatic nitrogens is 5. The van der Waals surface area contributed by atoms with E-state index < -0.39 is 0 Å². The Morgan fingerprint density at radius 2 is 0.889 bits per heavy atom. The molecule has 5 aromatic heterocycles. The van der Waals surface area contributed by atoms with Crippen LogP contribution < -0.4 is 0 Å². The monoisotopic (exact) mass is 691 g/mol. The number of benzene rings is 7. The first-order chi connectivity index (χ1) is 26.8. The number of nitrogens with zero attached hydrogens (tertiary/aromatic N) is 5. The summed E-state index contributed by atoms with van der Waals surface area (Å²) in [7, 11) is 0. The smallest absolute Gasteiger partial charge is 0.227 e. The maximum Gasteiger partial charge on any atom is 0.227 e. The lowest BCUT2D eigenvalue weighted by molar-refractivity contribution is 0.620. The molecule has 0 aliphatic carbocycles. The number of rotatable bonds is 4. The van der Waals surface area contributed by atoms with Gasteiger partial charge in [-0.1, -0.05) is 97.1 Å². The summed E-state index contributed by atoms with van der Waals surface area (Å²) in [6.45, 7) is 0. The van der Waals surface area contributed by atoms with Crippen molar-refractivity contribution in [1.82, 2.24) is 23.7 Å². The Hall–Kier alpha value is -7.44. The lowest BCUT2D eigenvalue weighted by Gasteiger charge is -2.13. The number of oxazole rings is 1. The van der Waals surface area contributed by atoms with E-state index in [1.807, 2.05) is 30.5 Å². The van der Waals surface area contributed by atoms with E-state index in [1.165, 1.54) is 43.4 Å². The van der Waals surface area contributed by atoms with Gasteiger partial charge in [0.2, 0.25) is 5.89 Å². The fourth-order valence-corrected chi connectivity index (χ4v) is 8.59. The molecule has 12 aromatic rings. The Kier molecular flexibility index (Phi) is 5.96. The molecule has 6 heteroatoms. The molecule has 0 aliphatic rings. The zero-order chi connectivity index (χ0) is 35.3. The van der Waals surface area contributed by atoms with Gasteiger partial charge in [0.25, 0.3) is 0 Å². The molecule has 6 nitrogen and oxygen atoms in total. The molecule has 0 aliphatic heterocycles. The number of para-hydroxylation sites is 6. The molecule has 0 amide bonds. The van der Waals surface area contributed by atoms with Crippen LogP contribution in [-0.4, -0.2) is 23.7 Å². The van der Waals surface area contributed by atoms with Gasteiger partial charge in [0, 0.05) is 55.8 Å². The normalized spacial score (nSPS) is 12.1. The largest absolute Gasteiger partial charge is 0.436 e. The van der Waals surface area contributed by atoms with Gasteiger partial charge in [0.1, 0.15) is 11.3 Å². The molecule has 0 radical (unpaired) electrons. The molecule has 0 bridgehead atoms. The molecule has 54 heavy (non-hydrogen) atoms. The summed E-state index contributed by atoms with van der Waals surface area (Å²) < 4.78 is 13.2. The quantitative estimate of drug-likeness (QED) is 0.185. The molecule has 252 valence electrons. The molecule has 0 atom stereocenters. The molecule has 0 saturated heterocycles. The predicted molar refractivity (Wildman–Crippen MR) is 220 cm³/mol. The third-order valence-corrected chi connectivity index (χ3v) is 10.9. The first kappa shape index (κ1) is 29.2. The van der Waals surface area contributed by atoms with Gasteiger partial charge < -0.3 is 13.6 Å². The number of hydrogen-bond donors (Lipinski definition) is 0. The van der Waals surface area contributed by atoms with Crippen LogP contribution in [0.2, 0.25) is 0 Å². The SMILES string of the molecule is c1ccc2oc(-c3ccc4c5ccccc5n(-c5ccc6c7ccccc7n(-c7cc(-n8c9ccccc9c9ccccc98)ccn7)c6c5)c4c3)nc2c1. The third-order valence-electron chi connectivity index (χ3n) is 10.9. The molecule has 0 N–H and O–H groups in total. The average Bonchev–Trinajstić information content (AvgIpc) is 3.98. The zero-order valence-electron chi connectivity index (χ0n) is 28.9. The summed E-state index contributed by atoms with van der Waals surface area (Å²) in [4.78, 5) is 9.86. The Bertz CT molecular complexity index is 3380. The van der Waals surface area contributed by atoms with Gasteiger partial charge >= 0.3 is 0 Å². The van der Waals surface area contributed by atoms with Crippen LogP contribution in [0.4, 0.5) is 0 Å². The Morgan fingerprint density at radius 1 is 0.389 bits per heavy atom. The molecule has 0 fully saturated rings.